The zero-order chi connectivity index (χ0) is 21.3. The second kappa shape index (κ2) is 7.70. The maximum absolute atomic E-state index is 13.1. The van der Waals surface area contributed by atoms with Gasteiger partial charge in [-0.3, -0.25) is 9.59 Å². The summed E-state index contributed by atoms with van der Waals surface area (Å²) in [5.41, 5.74) is -1.35. The molecule has 0 spiro atoms. The van der Waals surface area contributed by atoms with Gasteiger partial charge in [0.05, 0.1) is 20.0 Å². The molecule has 0 fully saturated rings. The van der Waals surface area contributed by atoms with E-state index in [0.29, 0.717) is 17.1 Å². The summed E-state index contributed by atoms with van der Waals surface area (Å²) < 4.78 is 46.7. The van der Waals surface area contributed by atoms with Crippen molar-refractivity contribution >= 4 is 21.8 Å². The molecular weight excluding hydrogens is 390 g/mol. The maximum atomic E-state index is 13.1. The number of esters is 1. The number of sulfonamides is 1. The van der Waals surface area contributed by atoms with Gasteiger partial charge in [-0.15, -0.1) is 0 Å². The molecule has 0 saturated heterocycles. The molecule has 0 aliphatic carbocycles. The van der Waals surface area contributed by atoms with Crippen LogP contribution in [-0.4, -0.2) is 51.5 Å². The number of hydrogen-bond donors (Lipinski definition) is 0. The zero-order valence-corrected chi connectivity index (χ0v) is 17.4. The monoisotopic (exact) mass is 413 g/mol. The van der Waals surface area contributed by atoms with E-state index in [1.54, 1.807) is 18.2 Å². The molecule has 1 aromatic rings. The van der Waals surface area contributed by atoms with Gasteiger partial charge in [-0.25, -0.2) is 12.7 Å². The number of Topliss-reactive ketones (excluding diaryl/α,β-unsaturated/α-hetero) is 1. The smallest absolute Gasteiger partial charge is 0.308 e. The minimum atomic E-state index is -3.78. The lowest BCUT2D eigenvalue weighted by Gasteiger charge is -2.27. The van der Waals surface area contributed by atoms with Crippen molar-refractivity contribution in [2.45, 2.75) is 26.4 Å². The lowest BCUT2D eigenvalue weighted by atomic mass is 9.90. The number of benzene rings is 1. The second-order valence-electron chi connectivity index (χ2n) is 6.13. The molecule has 28 heavy (non-hydrogen) atoms. The van der Waals surface area contributed by atoms with E-state index in [-0.39, 0.29) is 11.6 Å². The molecule has 1 aliphatic rings. The van der Waals surface area contributed by atoms with E-state index in [4.69, 9.17) is 18.9 Å². The lowest BCUT2D eigenvalue weighted by molar-refractivity contribution is -0.142. The molecule has 0 amide bonds. The van der Waals surface area contributed by atoms with Gasteiger partial charge in [0, 0.05) is 25.6 Å². The highest BCUT2D eigenvalue weighted by atomic mass is 32.2. The summed E-state index contributed by atoms with van der Waals surface area (Å²) in [7, 11) is 0.343. The molecule has 2 rings (SSSR count). The third-order valence-corrected chi connectivity index (χ3v) is 6.10. The van der Waals surface area contributed by atoms with Gasteiger partial charge in [-0.05, 0) is 26.0 Å². The average molecular weight is 413 g/mol. The van der Waals surface area contributed by atoms with Crippen LogP contribution in [0, 0.1) is 0 Å². The van der Waals surface area contributed by atoms with Crippen LogP contribution in [0.2, 0.25) is 0 Å². The number of methoxy groups -OCH3 is 2. The highest BCUT2D eigenvalue weighted by Gasteiger charge is 2.52. The molecule has 1 heterocycles. The Kier molecular flexibility index (Phi) is 5.93. The molecule has 0 N–H and O–H groups in total. The summed E-state index contributed by atoms with van der Waals surface area (Å²) in [5.74, 6) is -1.78. The van der Waals surface area contributed by atoms with Gasteiger partial charge in [-0.1, -0.05) is 0 Å². The summed E-state index contributed by atoms with van der Waals surface area (Å²) in [6.07, 6.45) is 0. The Hall–Kier alpha value is -2.75. The van der Waals surface area contributed by atoms with Gasteiger partial charge in [-0.2, -0.15) is 0 Å². The zero-order valence-electron chi connectivity index (χ0n) is 16.6. The first-order valence-corrected chi connectivity index (χ1v) is 9.98. The first kappa shape index (κ1) is 21.5. The molecule has 10 heteroatoms. The van der Waals surface area contributed by atoms with Crippen LogP contribution in [0.25, 0.3) is 0 Å². The van der Waals surface area contributed by atoms with E-state index in [1.165, 1.54) is 35.1 Å². The fourth-order valence-corrected chi connectivity index (χ4v) is 3.49. The topological polar surface area (TPSA) is 108 Å². The number of hydrogen-bond acceptors (Lipinski definition) is 8. The maximum Gasteiger partial charge on any atom is 0.308 e. The van der Waals surface area contributed by atoms with Crippen LogP contribution in [0.3, 0.4) is 0 Å². The average Bonchev–Trinajstić information content (AvgIpc) is 2.92. The first-order chi connectivity index (χ1) is 13.0. The number of nitrogens with zero attached hydrogens (tertiary/aromatic N) is 1. The Morgan fingerprint density at radius 1 is 1.25 bits per heavy atom. The molecule has 0 saturated carbocycles. The number of rotatable bonds is 7. The molecule has 1 aliphatic heterocycles. The van der Waals surface area contributed by atoms with Crippen molar-refractivity contribution in [1.82, 2.24) is 4.31 Å². The predicted molar refractivity (Wildman–Crippen MR) is 99.0 cm³/mol. The minimum absolute atomic E-state index is 0.236. The molecule has 9 nitrogen and oxygen atoms in total. The van der Waals surface area contributed by atoms with Crippen molar-refractivity contribution in [3.05, 3.63) is 35.4 Å². The molecule has 1 aromatic carbocycles. The van der Waals surface area contributed by atoms with Crippen LogP contribution in [0.4, 0.5) is 0 Å². The van der Waals surface area contributed by atoms with Crippen LogP contribution < -0.4 is 9.47 Å². The molecule has 0 aromatic heterocycles. The standard InChI is InChI=1S/C18H23NO8S/c1-7-28(22,23)19(4)17-15(26-11(2)20)16(21)18(3,27-17)13-9-8-12(24-5)10-14(13)25-6/h8-10H,7H2,1-6H3. The van der Waals surface area contributed by atoms with E-state index in [1.807, 2.05) is 0 Å². The number of ether oxygens (including phenoxy) is 4. The molecule has 1 atom stereocenters. The number of ketones is 1. The van der Waals surface area contributed by atoms with Gasteiger partial charge in [0.1, 0.15) is 11.5 Å². The third kappa shape index (κ3) is 3.64. The van der Waals surface area contributed by atoms with Crippen LogP contribution in [0.1, 0.15) is 26.3 Å². The predicted octanol–water partition coefficient (Wildman–Crippen LogP) is 1.53. The highest BCUT2D eigenvalue weighted by molar-refractivity contribution is 7.89. The Balaban J connectivity index is 2.62. The van der Waals surface area contributed by atoms with Gasteiger partial charge in [0.2, 0.25) is 21.4 Å². The van der Waals surface area contributed by atoms with E-state index in [9.17, 15) is 18.0 Å². The van der Waals surface area contributed by atoms with Crippen molar-refractivity contribution in [2.24, 2.45) is 0 Å². The highest BCUT2D eigenvalue weighted by Crippen LogP contribution is 2.44. The van der Waals surface area contributed by atoms with Crippen LogP contribution in [-0.2, 0) is 34.7 Å². The molecule has 0 radical (unpaired) electrons. The third-order valence-electron chi connectivity index (χ3n) is 4.37. The molecule has 0 bridgehead atoms. The lowest BCUT2D eigenvalue weighted by Crippen LogP contribution is -2.33. The van der Waals surface area contributed by atoms with Crippen molar-refractivity contribution in [2.75, 3.05) is 27.0 Å². The summed E-state index contributed by atoms with van der Waals surface area (Å²) in [6.45, 7) is 4.00. The fraction of sp³-hybridized carbons (Fsp3) is 0.444. The molecule has 154 valence electrons. The van der Waals surface area contributed by atoms with Crippen molar-refractivity contribution < 1.29 is 37.0 Å². The van der Waals surface area contributed by atoms with Gasteiger partial charge >= 0.3 is 5.97 Å². The summed E-state index contributed by atoms with van der Waals surface area (Å²) in [5, 5.41) is 0. The van der Waals surface area contributed by atoms with Crippen molar-refractivity contribution in [3.63, 3.8) is 0 Å². The fourth-order valence-electron chi connectivity index (χ4n) is 2.73. The Morgan fingerprint density at radius 2 is 1.89 bits per heavy atom. The first-order valence-electron chi connectivity index (χ1n) is 8.37. The normalized spacial score (nSPS) is 19.3. The van der Waals surface area contributed by atoms with E-state index in [2.05, 4.69) is 0 Å². The van der Waals surface area contributed by atoms with E-state index in [0.717, 1.165) is 11.2 Å². The summed E-state index contributed by atoms with van der Waals surface area (Å²) in [4.78, 5) is 24.7. The van der Waals surface area contributed by atoms with E-state index < -0.39 is 33.1 Å². The molecule has 1 unspecified atom stereocenters. The van der Waals surface area contributed by atoms with Crippen LogP contribution >= 0.6 is 0 Å². The van der Waals surface area contributed by atoms with Crippen LogP contribution in [0.5, 0.6) is 11.5 Å². The van der Waals surface area contributed by atoms with Gasteiger partial charge in [0.25, 0.3) is 11.7 Å². The SMILES string of the molecule is CCS(=O)(=O)N(C)C1=C(OC(C)=O)C(=O)C(C)(c2ccc(OC)cc2OC)O1. The minimum Gasteiger partial charge on any atom is -0.497 e. The van der Waals surface area contributed by atoms with Crippen molar-refractivity contribution in [3.8, 4) is 11.5 Å². The Labute approximate surface area is 163 Å². The largest absolute Gasteiger partial charge is 0.497 e. The van der Waals surface area contributed by atoms with Crippen LogP contribution in [0.15, 0.2) is 29.8 Å². The Bertz CT molecular complexity index is 937. The quantitative estimate of drug-likeness (QED) is 0.619. The van der Waals surface area contributed by atoms with Crippen molar-refractivity contribution in [1.29, 1.82) is 0 Å². The van der Waals surface area contributed by atoms with E-state index >= 15 is 0 Å². The second-order valence-corrected chi connectivity index (χ2v) is 8.42. The molecular formula is C18H23NO8S. The summed E-state index contributed by atoms with van der Waals surface area (Å²) >= 11 is 0. The Morgan fingerprint density at radius 3 is 2.39 bits per heavy atom. The summed E-state index contributed by atoms with van der Waals surface area (Å²) in [6, 6.07) is 4.74. The van der Waals surface area contributed by atoms with Gasteiger partial charge < -0.3 is 18.9 Å². The number of carbonyl (C=O) groups is 2. The number of carbonyl (C=O) groups excluding carboxylic acids is 2. The van der Waals surface area contributed by atoms with Gasteiger partial charge in [0.15, 0.2) is 0 Å².